The lowest BCUT2D eigenvalue weighted by atomic mass is 10.2. The Balaban J connectivity index is 2.85. The van der Waals surface area contributed by atoms with Gasteiger partial charge in [-0.15, -0.1) is 0 Å². The van der Waals surface area contributed by atoms with Crippen molar-refractivity contribution in [2.24, 2.45) is 0 Å². The second-order valence-corrected chi connectivity index (χ2v) is 3.29. The molecule has 0 aliphatic carbocycles. The first-order valence-corrected chi connectivity index (χ1v) is 4.45. The second-order valence-electron chi connectivity index (χ2n) is 2.86. The molecular formula is C11H8ClNO. The molecule has 0 saturated heterocycles. The van der Waals surface area contributed by atoms with Crippen molar-refractivity contribution in [3.63, 3.8) is 0 Å². The molecule has 0 N–H and O–H groups in total. The van der Waals surface area contributed by atoms with Gasteiger partial charge in [0.1, 0.15) is 5.75 Å². The fourth-order valence-corrected chi connectivity index (χ4v) is 1.66. The molecule has 1 heterocycles. The quantitative estimate of drug-likeness (QED) is 0.653. The van der Waals surface area contributed by atoms with Crippen molar-refractivity contribution in [1.82, 2.24) is 4.57 Å². The molecule has 0 amide bonds. The zero-order valence-electron chi connectivity index (χ0n) is 7.62. The minimum Gasteiger partial charge on any atom is -0.496 e. The van der Waals surface area contributed by atoms with Crippen molar-refractivity contribution < 1.29 is 4.74 Å². The molecule has 2 aromatic rings. The molecule has 2 nitrogen and oxygen atoms in total. The normalized spacial score (nSPS) is 10.1. The Morgan fingerprint density at radius 1 is 1.50 bits per heavy atom. The smallest absolute Gasteiger partial charge is 0.129 e. The summed E-state index contributed by atoms with van der Waals surface area (Å²) in [5.74, 6) is 0.738. The molecule has 0 fully saturated rings. The molecule has 0 aliphatic heterocycles. The van der Waals surface area contributed by atoms with Crippen molar-refractivity contribution in [2.75, 3.05) is 7.11 Å². The summed E-state index contributed by atoms with van der Waals surface area (Å²) in [6.45, 7) is 0. The number of nitrogens with zero attached hydrogens (tertiary/aromatic N) is 1. The molecule has 0 spiro atoms. The largest absolute Gasteiger partial charge is 0.496 e. The van der Waals surface area contributed by atoms with Gasteiger partial charge >= 0.3 is 0 Å². The van der Waals surface area contributed by atoms with E-state index in [1.54, 1.807) is 17.7 Å². The van der Waals surface area contributed by atoms with Gasteiger partial charge in [0.05, 0.1) is 12.6 Å². The van der Waals surface area contributed by atoms with Crippen molar-refractivity contribution in [1.29, 1.82) is 0 Å². The Bertz CT molecular complexity index is 522. The Kier molecular flexibility index (Phi) is 2.11. The highest BCUT2D eigenvalue weighted by Gasteiger charge is 2.06. The third-order valence-corrected chi connectivity index (χ3v) is 2.31. The first-order valence-electron chi connectivity index (χ1n) is 4.07. The van der Waals surface area contributed by atoms with Gasteiger partial charge in [-0.3, -0.25) is 4.57 Å². The minimum absolute atomic E-state index is 0.615. The number of benzene rings is 1. The minimum atomic E-state index is 0.615. The number of hydrogen-bond donors (Lipinski definition) is 0. The van der Waals surface area contributed by atoms with Crippen LogP contribution in [-0.2, 0) is 0 Å². The Hall–Kier alpha value is -1.59. The van der Waals surface area contributed by atoms with E-state index in [0.29, 0.717) is 5.02 Å². The van der Waals surface area contributed by atoms with Crippen LogP contribution < -0.4 is 4.74 Å². The maximum absolute atomic E-state index is 5.93. The zero-order chi connectivity index (χ0) is 10.1. The molecule has 3 heteroatoms. The molecule has 1 aromatic carbocycles. The number of terminal acetylenes is 1. The highest BCUT2D eigenvalue weighted by Crippen LogP contribution is 2.30. The second kappa shape index (κ2) is 3.28. The van der Waals surface area contributed by atoms with Crippen molar-refractivity contribution in [3.8, 4) is 18.2 Å². The number of methoxy groups -OCH3 is 1. The van der Waals surface area contributed by atoms with E-state index >= 15 is 0 Å². The SMILES string of the molecule is C#Cn1ccc2c(OC)cc(Cl)cc21. The van der Waals surface area contributed by atoms with Crippen molar-refractivity contribution in [2.45, 2.75) is 0 Å². The van der Waals surface area contributed by atoms with Crippen LogP contribution in [0.2, 0.25) is 5.02 Å². The lowest BCUT2D eigenvalue weighted by Gasteiger charge is -2.03. The maximum atomic E-state index is 5.93. The first-order chi connectivity index (χ1) is 6.76. The number of aromatic nitrogens is 1. The van der Waals surface area contributed by atoms with Crippen LogP contribution in [0.1, 0.15) is 0 Å². The average Bonchev–Trinajstić information content (AvgIpc) is 2.59. The van der Waals surface area contributed by atoms with E-state index < -0.39 is 0 Å². The number of ether oxygens (including phenoxy) is 1. The van der Waals surface area contributed by atoms with Crippen molar-refractivity contribution >= 4 is 22.5 Å². The Labute approximate surface area is 87.0 Å². The molecule has 0 bridgehead atoms. The van der Waals surface area contributed by atoms with Crippen LogP contribution in [0.15, 0.2) is 24.4 Å². The number of hydrogen-bond acceptors (Lipinski definition) is 1. The first kappa shape index (κ1) is 8.98. The molecule has 0 unspecified atom stereocenters. The van der Waals surface area contributed by atoms with E-state index in [1.807, 2.05) is 18.3 Å². The Morgan fingerprint density at radius 2 is 2.29 bits per heavy atom. The summed E-state index contributed by atoms with van der Waals surface area (Å²) in [6, 6.07) is 8.03. The van der Waals surface area contributed by atoms with Crippen LogP contribution in [0.4, 0.5) is 0 Å². The van der Waals surface area contributed by atoms with E-state index in [4.69, 9.17) is 22.8 Å². The van der Waals surface area contributed by atoms with Gasteiger partial charge in [0.2, 0.25) is 0 Å². The van der Waals surface area contributed by atoms with Gasteiger partial charge in [-0.2, -0.15) is 0 Å². The van der Waals surface area contributed by atoms with E-state index in [0.717, 1.165) is 16.7 Å². The molecule has 0 aliphatic rings. The van der Waals surface area contributed by atoms with E-state index in [9.17, 15) is 0 Å². The summed E-state index contributed by atoms with van der Waals surface area (Å²) in [5, 5.41) is 1.58. The Morgan fingerprint density at radius 3 is 2.93 bits per heavy atom. The predicted molar refractivity (Wildman–Crippen MR) is 57.7 cm³/mol. The van der Waals surface area contributed by atoms with Crippen LogP contribution >= 0.6 is 11.6 Å². The predicted octanol–water partition coefficient (Wildman–Crippen LogP) is 2.74. The van der Waals surface area contributed by atoms with E-state index in [2.05, 4.69) is 6.04 Å². The summed E-state index contributed by atoms with van der Waals surface area (Å²) in [4.78, 5) is 0. The van der Waals surface area contributed by atoms with Crippen LogP contribution in [0.5, 0.6) is 5.75 Å². The fraction of sp³-hybridized carbons (Fsp3) is 0.0909. The number of rotatable bonds is 1. The maximum Gasteiger partial charge on any atom is 0.129 e. The van der Waals surface area contributed by atoms with Crippen LogP contribution in [0, 0.1) is 12.5 Å². The molecule has 2 rings (SSSR count). The van der Waals surface area contributed by atoms with E-state index in [1.165, 1.54) is 0 Å². The lowest BCUT2D eigenvalue weighted by molar-refractivity contribution is 0.420. The summed E-state index contributed by atoms with van der Waals surface area (Å²) < 4.78 is 6.87. The van der Waals surface area contributed by atoms with Gasteiger partial charge in [-0.25, -0.2) is 0 Å². The summed E-state index contributed by atoms with van der Waals surface area (Å²) >= 11 is 5.93. The van der Waals surface area contributed by atoms with E-state index in [-0.39, 0.29) is 0 Å². The number of halogens is 1. The van der Waals surface area contributed by atoms with Gasteiger partial charge in [0, 0.05) is 22.7 Å². The summed E-state index contributed by atoms with van der Waals surface area (Å²) in [6.07, 6.45) is 7.14. The summed E-state index contributed by atoms with van der Waals surface area (Å²) in [5.41, 5.74) is 0.886. The lowest BCUT2D eigenvalue weighted by Crippen LogP contribution is -1.87. The standard InChI is InChI=1S/C11H8ClNO/c1-3-13-5-4-9-10(13)6-8(12)7-11(9)14-2/h1,4-7H,2H3. The van der Waals surface area contributed by atoms with Crippen LogP contribution in [0.3, 0.4) is 0 Å². The van der Waals surface area contributed by atoms with Crippen molar-refractivity contribution in [3.05, 3.63) is 29.4 Å². The average molecular weight is 206 g/mol. The van der Waals surface area contributed by atoms with Gasteiger partial charge in [-0.05, 0) is 18.2 Å². The monoisotopic (exact) mass is 205 g/mol. The third-order valence-electron chi connectivity index (χ3n) is 2.09. The summed E-state index contributed by atoms with van der Waals surface area (Å²) in [7, 11) is 1.61. The topological polar surface area (TPSA) is 14.2 Å². The highest BCUT2D eigenvalue weighted by molar-refractivity contribution is 6.31. The zero-order valence-corrected chi connectivity index (χ0v) is 8.38. The van der Waals surface area contributed by atoms with Gasteiger partial charge in [-0.1, -0.05) is 18.0 Å². The molecule has 70 valence electrons. The fourth-order valence-electron chi connectivity index (χ4n) is 1.46. The molecule has 14 heavy (non-hydrogen) atoms. The molecular weight excluding hydrogens is 198 g/mol. The van der Waals surface area contributed by atoms with Crippen LogP contribution in [0.25, 0.3) is 10.9 Å². The van der Waals surface area contributed by atoms with Crippen LogP contribution in [-0.4, -0.2) is 11.7 Å². The molecule has 0 radical (unpaired) electrons. The highest BCUT2D eigenvalue weighted by atomic mass is 35.5. The van der Waals surface area contributed by atoms with Gasteiger partial charge < -0.3 is 4.74 Å². The van der Waals surface area contributed by atoms with Gasteiger partial charge in [0.25, 0.3) is 0 Å². The molecule has 0 atom stereocenters. The molecule has 0 saturated carbocycles. The van der Waals surface area contributed by atoms with Gasteiger partial charge in [0.15, 0.2) is 0 Å². The third kappa shape index (κ3) is 1.23. The number of fused-ring (bicyclic) bond motifs is 1. The molecule has 1 aromatic heterocycles.